The fourth-order valence-corrected chi connectivity index (χ4v) is 6.43. The van der Waals surface area contributed by atoms with Crippen LogP contribution in [0.3, 0.4) is 0 Å². The summed E-state index contributed by atoms with van der Waals surface area (Å²) < 4.78 is 38.8. The van der Waals surface area contributed by atoms with Gasteiger partial charge in [-0.15, -0.1) is 11.8 Å². The molecule has 1 atom stereocenters. The molecular formula is C22H26N2O5S2. The van der Waals surface area contributed by atoms with E-state index in [4.69, 9.17) is 9.47 Å². The van der Waals surface area contributed by atoms with Gasteiger partial charge in [0.05, 0.1) is 17.4 Å². The van der Waals surface area contributed by atoms with Crippen molar-refractivity contribution < 1.29 is 22.7 Å². The third-order valence-corrected chi connectivity index (χ3v) is 8.25. The van der Waals surface area contributed by atoms with Crippen LogP contribution in [0.1, 0.15) is 19.8 Å². The van der Waals surface area contributed by atoms with Crippen LogP contribution in [0.25, 0.3) is 0 Å². The molecule has 1 aliphatic heterocycles. The van der Waals surface area contributed by atoms with E-state index in [1.165, 1.54) is 28.2 Å². The first-order valence-electron chi connectivity index (χ1n) is 10.4. The summed E-state index contributed by atoms with van der Waals surface area (Å²) in [6, 6.07) is 12.8. The molecule has 31 heavy (non-hydrogen) atoms. The molecule has 1 amide bonds. The lowest BCUT2D eigenvalue weighted by molar-refractivity contribution is -0.123. The molecule has 4 rings (SSSR count). The quantitative estimate of drug-likeness (QED) is 0.614. The number of rotatable bonds is 9. The van der Waals surface area contributed by atoms with Crippen LogP contribution in [0.15, 0.2) is 53.4 Å². The maximum atomic E-state index is 13.1. The summed E-state index contributed by atoms with van der Waals surface area (Å²) in [7, 11) is -3.78. The van der Waals surface area contributed by atoms with E-state index in [0.29, 0.717) is 36.3 Å². The highest BCUT2D eigenvalue weighted by atomic mass is 32.2. The van der Waals surface area contributed by atoms with Crippen LogP contribution in [0.5, 0.6) is 17.2 Å². The Bertz CT molecular complexity index is 1010. The lowest BCUT2D eigenvalue weighted by Crippen LogP contribution is -2.47. The molecule has 2 fully saturated rings. The Labute approximate surface area is 187 Å². The van der Waals surface area contributed by atoms with E-state index in [2.05, 4.69) is 5.32 Å². The third kappa shape index (κ3) is 5.34. The van der Waals surface area contributed by atoms with Crippen LogP contribution < -0.4 is 14.8 Å². The lowest BCUT2D eigenvalue weighted by atomic mass is 10.3. The van der Waals surface area contributed by atoms with Gasteiger partial charge in [0.25, 0.3) is 0 Å². The van der Waals surface area contributed by atoms with Gasteiger partial charge >= 0.3 is 0 Å². The smallest absolute Gasteiger partial charge is 0.244 e. The molecule has 1 saturated heterocycles. The molecule has 0 spiro atoms. The van der Waals surface area contributed by atoms with E-state index < -0.39 is 16.1 Å². The van der Waals surface area contributed by atoms with Crippen molar-refractivity contribution in [2.24, 2.45) is 5.92 Å². The number of ether oxygens (including phenoxy) is 2. The van der Waals surface area contributed by atoms with Crippen molar-refractivity contribution in [2.75, 3.05) is 24.8 Å². The molecule has 0 aromatic heterocycles. The van der Waals surface area contributed by atoms with E-state index in [9.17, 15) is 13.2 Å². The highest BCUT2D eigenvalue weighted by Gasteiger charge is 2.40. The Morgan fingerprint density at radius 3 is 2.29 bits per heavy atom. The Hall–Kier alpha value is -2.23. The van der Waals surface area contributed by atoms with Crippen molar-refractivity contribution in [3.8, 4) is 17.2 Å². The summed E-state index contributed by atoms with van der Waals surface area (Å²) in [5, 5.41) is 2.90. The predicted molar refractivity (Wildman–Crippen MR) is 120 cm³/mol. The molecule has 9 heteroatoms. The van der Waals surface area contributed by atoms with E-state index >= 15 is 0 Å². The molecule has 1 heterocycles. The number of sulfonamides is 1. The SMILES string of the molecule is CCOc1ccc(Oc2ccc(S(=O)(=O)N3CSCC3C(=O)NCC3CC3)cc2)cc1. The minimum absolute atomic E-state index is 0.147. The summed E-state index contributed by atoms with van der Waals surface area (Å²) in [5.74, 6) is 2.99. The summed E-state index contributed by atoms with van der Waals surface area (Å²) in [6.45, 7) is 3.14. The monoisotopic (exact) mass is 462 g/mol. The van der Waals surface area contributed by atoms with E-state index in [0.717, 1.165) is 18.6 Å². The number of benzene rings is 2. The van der Waals surface area contributed by atoms with Gasteiger partial charge in [-0.3, -0.25) is 4.79 Å². The fourth-order valence-electron chi connectivity index (χ4n) is 3.28. The standard InChI is InChI=1S/C22H26N2O5S2/c1-2-28-17-5-7-18(8-6-17)29-19-9-11-20(12-10-19)31(26,27)24-15-30-14-21(24)22(25)23-13-16-3-4-16/h5-12,16,21H,2-4,13-15H2,1H3,(H,23,25). The molecule has 0 bridgehead atoms. The van der Waals surface area contributed by atoms with Gasteiger partial charge in [-0.25, -0.2) is 8.42 Å². The normalized spacial score (nSPS) is 19.2. The molecule has 7 nitrogen and oxygen atoms in total. The maximum Gasteiger partial charge on any atom is 0.244 e. The number of carbonyl (C=O) groups excluding carboxylic acids is 1. The minimum atomic E-state index is -3.78. The first-order valence-corrected chi connectivity index (χ1v) is 12.9. The molecule has 2 aromatic rings. The molecule has 2 aliphatic rings. The molecule has 2 aromatic carbocycles. The molecule has 0 radical (unpaired) electrons. The van der Waals surface area contributed by atoms with Crippen molar-refractivity contribution >= 4 is 27.7 Å². The number of hydrogen-bond donors (Lipinski definition) is 1. The average Bonchev–Trinajstić information content (AvgIpc) is 3.46. The zero-order valence-electron chi connectivity index (χ0n) is 17.3. The summed E-state index contributed by atoms with van der Waals surface area (Å²) in [4.78, 5) is 12.7. The van der Waals surface area contributed by atoms with Gasteiger partial charge in [0.2, 0.25) is 15.9 Å². The number of amides is 1. The van der Waals surface area contributed by atoms with E-state index in [-0.39, 0.29) is 16.7 Å². The van der Waals surface area contributed by atoms with Crippen LogP contribution in [-0.2, 0) is 14.8 Å². The molecule has 1 unspecified atom stereocenters. The van der Waals surface area contributed by atoms with Gasteiger partial charge in [0, 0.05) is 12.3 Å². The van der Waals surface area contributed by atoms with Crippen molar-refractivity contribution in [1.82, 2.24) is 9.62 Å². The number of nitrogens with zero attached hydrogens (tertiary/aromatic N) is 1. The molecular weight excluding hydrogens is 436 g/mol. The topological polar surface area (TPSA) is 84.9 Å². The largest absolute Gasteiger partial charge is 0.494 e. The van der Waals surface area contributed by atoms with E-state index in [1.807, 2.05) is 19.1 Å². The van der Waals surface area contributed by atoms with Gasteiger partial charge in [-0.2, -0.15) is 4.31 Å². The Morgan fingerprint density at radius 2 is 1.68 bits per heavy atom. The fraction of sp³-hybridized carbons (Fsp3) is 0.409. The van der Waals surface area contributed by atoms with Crippen molar-refractivity contribution in [1.29, 1.82) is 0 Å². The number of carbonyl (C=O) groups is 1. The first kappa shape index (κ1) is 22.0. The summed E-state index contributed by atoms with van der Waals surface area (Å²) >= 11 is 1.45. The van der Waals surface area contributed by atoms with Crippen LogP contribution in [0, 0.1) is 5.92 Å². The molecule has 166 valence electrons. The van der Waals surface area contributed by atoms with Crippen LogP contribution in [-0.4, -0.2) is 49.5 Å². The van der Waals surface area contributed by atoms with Crippen molar-refractivity contribution in [2.45, 2.75) is 30.7 Å². The Balaban J connectivity index is 1.42. The summed E-state index contributed by atoms with van der Waals surface area (Å²) in [6.07, 6.45) is 2.26. The number of thioether (sulfide) groups is 1. The Kier molecular flexibility index (Phi) is 6.74. The Morgan fingerprint density at radius 1 is 1.06 bits per heavy atom. The second-order valence-corrected chi connectivity index (χ2v) is 10.5. The van der Waals surface area contributed by atoms with Gasteiger partial charge in [0.15, 0.2) is 0 Å². The third-order valence-electron chi connectivity index (χ3n) is 5.21. The van der Waals surface area contributed by atoms with Gasteiger partial charge in [-0.1, -0.05) is 0 Å². The molecule has 1 aliphatic carbocycles. The number of hydrogen-bond acceptors (Lipinski definition) is 6. The molecule has 1 N–H and O–H groups in total. The van der Waals surface area contributed by atoms with E-state index in [1.54, 1.807) is 24.3 Å². The first-order chi connectivity index (χ1) is 15.0. The van der Waals surface area contributed by atoms with Crippen LogP contribution in [0.4, 0.5) is 0 Å². The van der Waals surface area contributed by atoms with Crippen LogP contribution >= 0.6 is 11.8 Å². The van der Waals surface area contributed by atoms with Gasteiger partial charge in [0.1, 0.15) is 23.3 Å². The van der Waals surface area contributed by atoms with Crippen molar-refractivity contribution in [3.05, 3.63) is 48.5 Å². The second-order valence-electron chi connectivity index (χ2n) is 7.57. The second kappa shape index (κ2) is 9.50. The summed E-state index contributed by atoms with van der Waals surface area (Å²) in [5.41, 5.74) is 0. The number of nitrogens with one attached hydrogen (secondary N) is 1. The van der Waals surface area contributed by atoms with Crippen LogP contribution in [0.2, 0.25) is 0 Å². The maximum absolute atomic E-state index is 13.1. The predicted octanol–water partition coefficient (Wildman–Crippen LogP) is 3.47. The average molecular weight is 463 g/mol. The minimum Gasteiger partial charge on any atom is -0.494 e. The highest BCUT2D eigenvalue weighted by molar-refractivity contribution is 8.00. The van der Waals surface area contributed by atoms with Gasteiger partial charge < -0.3 is 14.8 Å². The zero-order chi connectivity index (χ0) is 21.8. The highest BCUT2D eigenvalue weighted by Crippen LogP contribution is 2.31. The lowest BCUT2D eigenvalue weighted by Gasteiger charge is -2.22. The molecule has 1 saturated carbocycles. The van der Waals surface area contributed by atoms with Gasteiger partial charge in [-0.05, 0) is 74.2 Å². The van der Waals surface area contributed by atoms with Crippen molar-refractivity contribution in [3.63, 3.8) is 0 Å². The zero-order valence-corrected chi connectivity index (χ0v) is 19.0.